The van der Waals surface area contributed by atoms with Crippen molar-refractivity contribution in [3.63, 3.8) is 0 Å². The molecule has 0 unspecified atom stereocenters. The van der Waals surface area contributed by atoms with Crippen LogP contribution in [-0.2, 0) is 11.3 Å². The van der Waals surface area contributed by atoms with Gasteiger partial charge < -0.3 is 19.5 Å². The summed E-state index contributed by atoms with van der Waals surface area (Å²) in [5, 5.41) is 10.1. The van der Waals surface area contributed by atoms with Crippen LogP contribution in [0.15, 0.2) is 47.3 Å². The van der Waals surface area contributed by atoms with Crippen molar-refractivity contribution in [3.05, 3.63) is 69.9 Å². The third-order valence-electron chi connectivity index (χ3n) is 5.97. The van der Waals surface area contributed by atoms with Crippen molar-refractivity contribution in [3.8, 4) is 0 Å². The van der Waals surface area contributed by atoms with Crippen LogP contribution in [0.2, 0.25) is 0 Å². The molecule has 29 heavy (non-hydrogen) atoms. The second kappa shape index (κ2) is 7.11. The SMILES string of the molecule is CN(C)C(=O)[C@H]1[C@H](CO)[C@H]2Cn3c(cccc3=O)[C@@H]1N2C(=O)c1ccc(F)cc1. The molecular formula is C21H22FN3O4. The zero-order valence-corrected chi connectivity index (χ0v) is 16.2. The molecule has 2 aliphatic heterocycles. The van der Waals surface area contributed by atoms with Gasteiger partial charge in [-0.25, -0.2) is 4.39 Å². The highest BCUT2D eigenvalue weighted by Gasteiger charge is 2.57. The predicted molar refractivity (Wildman–Crippen MR) is 103 cm³/mol. The number of aliphatic hydroxyl groups excluding tert-OH is 1. The molecule has 1 N–H and O–H groups in total. The molecule has 2 amide bonds. The molecule has 2 aliphatic rings. The van der Waals surface area contributed by atoms with Crippen LogP contribution in [0.1, 0.15) is 22.1 Å². The molecule has 2 bridgehead atoms. The highest BCUT2D eigenvalue weighted by atomic mass is 19.1. The number of nitrogens with zero attached hydrogens (tertiary/aromatic N) is 3. The van der Waals surface area contributed by atoms with Crippen molar-refractivity contribution in [1.82, 2.24) is 14.4 Å². The summed E-state index contributed by atoms with van der Waals surface area (Å²) in [6.45, 7) is -0.0950. The number of amides is 2. The minimum atomic E-state index is -0.688. The lowest BCUT2D eigenvalue weighted by Gasteiger charge is -2.38. The number of hydrogen-bond donors (Lipinski definition) is 1. The summed E-state index contributed by atoms with van der Waals surface area (Å²) in [4.78, 5) is 41.9. The number of benzene rings is 1. The van der Waals surface area contributed by atoms with E-state index in [-0.39, 0.29) is 30.5 Å². The van der Waals surface area contributed by atoms with Gasteiger partial charge in [-0.15, -0.1) is 0 Å². The molecule has 1 aromatic carbocycles. The maximum atomic E-state index is 13.4. The lowest BCUT2D eigenvalue weighted by atomic mass is 9.86. The van der Waals surface area contributed by atoms with Crippen LogP contribution in [0, 0.1) is 17.7 Å². The van der Waals surface area contributed by atoms with Crippen LogP contribution in [0.4, 0.5) is 4.39 Å². The number of fused-ring (bicyclic) bond motifs is 4. The minimum Gasteiger partial charge on any atom is -0.396 e. The summed E-state index contributed by atoms with van der Waals surface area (Å²) in [6.07, 6.45) is 0. The summed E-state index contributed by atoms with van der Waals surface area (Å²) in [7, 11) is 3.26. The molecule has 2 aromatic rings. The normalized spacial score (nSPS) is 24.9. The van der Waals surface area contributed by atoms with Gasteiger partial charge in [0.1, 0.15) is 5.82 Å². The van der Waals surface area contributed by atoms with Gasteiger partial charge in [0.05, 0.1) is 18.0 Å². The number of hydrogen-bond acceptors (Lipinski definition) is 4. The largest absolute Gasteiger partial charge is 0.396 e. The van der Waals surface area contributed by atoms with Crippen LogP contribution >= 0.6 is 0 Å². The van der Waals surface area contributed by atoms with Gasteiger partial charge in [0, 0.05) is 50.5 Å². The lowest BCUT2D eigenvalue weighted by Crippen LogP contribution is -2.49. The molecule has 1 saturated heterocycles. The van der Waals surface area contributed by atoms with E-state index in [1.54, 1.807) is 35.7 Å². The quantitative estimate of drug-likeness (QED) is 0.831. The van der Waals surface area contributed by atoms with Crippen LogP contribution in [-0.4, -0.2) is 58.0 Å². The van der Waals surface area contributed by atoms with Crippen molar-refractivity contribution >= 4 is 11.8 Å². The first-order chi connectivity index (χ1) is 13.8. The van der Waals surface area contributed by atoms with Gasteiger partial charge in [-0.2, -0.15) is 0 Å². The Morgan fingerprint density at radius 2 is 1.86 bits per heavy atom. The van der Waals surface area contributed by atoms with Crippen LogP contribution in [0.5, 0.6) is 0 Å². The monoisotopic (exact) mass is 399 g/mol. The Labute approximate surface area is 167 Å². The third-order valence-corrected chi connectivity index (χ3v) is 5.97. The molecule has 4 rings (SSSR count). The molecule has 1 fully saturated rings. The van der Waals surface area contributed by atoms with Gasteiger partial charge in [0.2, 0.25) is 5.91 Å². The molecular weight excluding hydrogens is 377 g/mol. The molecule has 8 heteroatoms. The lowest BCUT2D eigenvalue weighted by molar-refractivity contribution is -0.135. The highest BCUT2D eigenvalue weighted by molar-refractivity contribution is 5.96. The summed E-state index contributed by atoms with van der Waals surface area (Å²) in [5.41, 5.74) is 0.657. The number of halogens is 1. The van der Waals surface area contributed by atoms with Crippen molar-refractivity contribution in [2.75, 3.05) is 20.7 Å². The van der Waals surface area contributed by atoms with Crippen molar-refractivity contribution in [1.29, 1.82) is 0 Å². The van der Waals surface area contributed by atoms with E-state index >= 15 is 0 Å². The number of carbonyl (C=O) groups excluding carboxylic acids is 2. The van der Waals surface area contributed by atoms with E-state index in [0.717, 1.165) is 0 Å². The predicted octanol–water partition coefficient (Wildman–Crippen LogP) is 0.880. The van der Waals surface area contributed by atoms with E-state index in [1.807, 2.05) is 0 Å². The van der Waals surface area contributed by atoms with E-state index < -0.39 is 29.7 Å². The zero-order chi connectivity index (χ0) is 20.9. The number of aromatic nitrogens is 1. The minimum absolute atomic E-state index is 0.195. The molecule has 152 valence electrons. The summed E-state index contributed by atoms with van der Waals surface area (Å²) < 4.78 is 14.9. The number of pyridine rings is 1. The standard InChI is InChI=1S/C21H22FN3O4/c1-23(2)21(29)18-14(11-26)16-10-24-15(4-3-5-17(24)27)19(18)25(16)20(28)12-6-8-13(22)9-7-12/h3-9,14,16,18-19,26H,10-11H2,1-2H3/t14-,16-,18+,19+/m1/s1. The van der Waals surface area contributed by atoms with E-state index in [1.165, 1.54) is 35.2 Å². The Morgan fingerprint density at radius 1 is 1.17 bits per heavy atom. The fourth-order valence-corrected chi connectivity index (χ4v) is 4.66. The Morgan fingerprint density at radius 3 is 2.48 bits per heavy atom. The Balaban J connectivity index is 1.88. The Bertz CT molecular complexity index is 1020. The van der Waals surface area contributed by atoms with Crippen molar-refractivity contribution in [2.45, 2.75) is 18.6 Å². The summed E-state index contributed by atoms with van der Waals surface area (Å²) >= 11 is 0. The van der Waals surface area contributed by atoms with Gasteiger partial charge in [0.25, 0.3) is 11.5 Å². The summed E-state index contributed by atoms with van der Waals surface area (Å²) in [6, 6.07) is 8.81. The molecule has 1 aromatic heterocycles. The molecule has 0 saturated carbocycles. The van der Waals surface area contributed by atoms with Crippen LogP contribution < -0.4 is 5.56 Å². The average Bonchev–Trinajstić information content (AvgIpc) is 2.94. The smallest absolute Gasteiger partial charge is 0.254 e. The maximum Gasteiger partial charge on any atom is 0.254 e. The number of rotatable bonds is 3. The average molecular weight is 399 g/mol. The highest BCUT2D eigenvalue weighted by Crippen LogP contribution is 2.49. The molecule has 0 spiro atoms. The molecule has 0 aliphatic carbocycles. The van der Waals surface area contributed by atoms with E-state index in [4.69, 9.17) is 0 Å². The van der Waals surface area contributed by atoms with E-state index in [9.17, 15) is 23.9 Å². The fourth-order valence-electron chi connectivity index (χ4n) is 4.66. The first-order valence-corrected chi connectivity index (χ1v) is 9.45. The fraction of sp³-hybridized carbons (Fsp3) is 0.381. The van der Waals surface area contributed by atoms with Crippen molar-refractivity contribution in [2.24, 2.45) is 11.8 Å². The van der Waals surface area contributed by atoms with E-state index in [0.29, 0.717) is 11.3 Å². The topological polar surface area (TPSA) is 82.8 Å². The maximum absolute atomic E-state index is 13.4. The second-order valence-electron chi connectivity index (χ2n) is 7.74. The zero-order valence-electron chi connectivity index (χ0n) is 16.2. The first kappa shape index (κ1) is 19.3. The molecule has 0 radical (unpaired) electrons. The van der Waals surface area contributed by atoms with Gasteiger partial charge in [-0.3, -0.25) is 14.4 Å². The van der Waals surface area contributed by atoms with Gasteiger partial charge in [-0.05, 0) is 30.3 Å². The van der Waals surface area contributed by atoms with Crippen LogP contribution in [0.3, 0.4) is 0 Å². The Kier molecular flexibility index (Phi) is 4.74. The first-order valence-electron chi connectivity index (χ1n) is 9.45. The number of carbonyl (C=O) groups is 2. The van der Waals surface area contributed by atoms with Gasteiger partial charge in [-0.1, -0.05) is 6.07 Å². The van der Waals surface area contributed by atoms with E-state index in [2.05, 4.69) is 0 Å². The van der Waals surface area contributed by atoms with Gasteiger partial charge in [0.15, 0.2) is 0 Å². The number of aliphatic hydroxyl groups is 1. The molecule has 4 atom stereocenters. The molecule has 7 nitrogen and oxygen atoms in total. The van der Waals surface area contributed by atoms with Crippen molar-refractivity contribution < 1.29 is 19.1 Å². The third kappa shape index (κ3) is 2.95. The van der Waals surface area contributed by atoms with Crippen LogP contribution in [0.25, 0.3) is 0 Å². The van der Waals surface area contributed by atoms with Gasteiger partial charge >= 0.3 is 0 Å². The second-order valence-corrected chi connectivity index (χ2v) is 7.74. The Hall–Kier alpha value is -3.00. The summed E-state index contributed by atoms with van der Waals surface area (Å²) in [5.74, 6) is -2.21. The molecule has 3 heterocycles.